The molecule has 0 aromatic carbocycles. The molecule has 0 saturated carbocycles. The largest absolute Gasteiger partial charge is 0.395 e. The summed E-state index contributed by atoms with van der Waals surface area (Å²) in [6.07, 6.45) is 6.29. The summed E-state index contributed by atoms with van der Waals surface area (Å²) in [4.78, 5) is 13.5. The van der Waals surface area contributed by atoms with E-state index in [1.165, 1.54) is 12.8 Å². The number of piperazine rings is 1. The van der Waals surface area contributed by atoms with Gasteiger partial charge in [0.25, 0.3) is 0 Å². The van der Waals surface area contributed by atoms with Gasteiger partial charge >= 0.3 is 0 Å². The van der Waals surface area contributed by atoms with E-state index in [9.17, 15) is 5.11 Å². The first-order chi connectivity index (χ1) is 10.2. The zero-order valence-electron chi connectivity index (χ0n) is 13.0. The van der Waals surface area contributed by atoms with Crippen LogP contribution in [-0.4, -0.2) is 70.0 Å². The third-order valence-electron chi connectivity index (χ3n) is 3.89. The monoisotopic (exact) mass is 310 g/mol. The number of likely N-dealkylation sites (N-methyl/N-ethyl adjacent to an activating group) is 1. The van der Waals surface area contributed by atoms with Crippen LogP contribution in [0.5, 0.6) is 0 Å². The van der Waals surface area contributed by atoms with Crippen molar-refractivity contribution in [2.75, 3.05) is 39.0 Å². The van der Waals surface area contributed by atoms with Gasteiger partial charge in [-0.05, 0) is 13.5 Å². The molecule has 2 heterocycles. The first-order valence-electron chi connectivity index (χ1n) is 7.70. The van der Waals surface area contributed by atoms with Crippen LogP contribution >= 0.6 is 11.8 Å². The standard InChI is InChI=1S/C15H26N4OS/c1-3-4-7-21-15-16-8-13(9-17-15)10-19-6-5-18(2)14(11-19)12-20/h8-9,14,20H,3-7,10-12H2,1-2H3. The average molecular weight is 310 g/mol. The second kappa shape index (κ2) is 8.68. The van der Waals surface area contributed by atoms with Crippen LogP contribution < -0.4 is 0 Å². The van der Waals surface area contributed by atoms with Crippen LogP contribution in [0, 0.1) is 0 Å². The van der Waals surface area contributed by atoms with Crippen LogP contribution in [0.1, 0.15) is 25.3 Å². The molecule has 0 aliphatic carbocycles. The minimum absolute atomic E-state index is 0.219. The molecule has 0 bridgehead atoms. The van der Waals surface area contributed by atoms with Crippen LogP contribution in [0.4, 0.5) is 0 Å². The van der Waals surface area contributed by atoms with Gasteiger partial charge in [-0.25, -0.2) is 9.97 Å². The van der Waals surface area contributed by atoms with Crippen LogP contribution in [-0.2, 0) is 6.54 Å². The van der Waals surface area contributed by atoms with Crippen molar-refractivity contribution in [2.24, 2.45) is 0 Å². The van der Waals surface area contributed by atoms with Crippen molar-refractivity contribution in [3.63, 3.8) is 0 Å². The molecule has 2 rings (SSSR count). The number of hydrogen-bond acceptors (Lipinski definition) is 6. The Kier molecular flexibility index (Phi) is 6.89. The molecule has 1 aliphatic rings. The number of aliphatic hydroxyl groups excluding tert-OH is 1. The summed E-state index contributed by atoms with van der Waals surface area (Å²) in [6, 6.07) is 0.239. The lowest BCUT2D eigenvalue weighted by Gasteiger charge is -2.38. The van der Waals surface area contributed by atoms with Crippen LogP contribution in [0.25, 0.3) is 0 Å². The molecule has 0 spiro atoms. The van der Waals surface area contributed by atoms with Crippen LogP contribution in [0.3, 0.4) is 0 Å². The summed E-state index contributed by atoms with van der Waals surface area (Å²) in [7, 11) is 2.07. The molecule has 1 aliphatic heterocycles. The van der Waals surface area contributed by atoms with Crippen LogP contribution in [0.2, 0.25) is 0 Å². The summed E-state index contributed by atoms with van der Waals surface area (Å²) in [5.74, 6) is 1.09. The first kappa shape index (κ1) is 16.7. The van der Waals surface area contributed by atoms with Crippen molar-refractivity contribution in [2.45, 2.75) is 37.5 Å². The van der Waals surface area contributed by atoms with Crippen LogP contribution in [0.15, 0.2) is 17.6 Å². The second-order valence-corrected chi connectivity index (χ2v) is 6.69. The number of thioether (sulfide) groups is 1. The van der Waals surface area contributed by atoms with Crippen molar-refractivity contribution in [1.29, 1.82) is 0 Å². The maximum atomic E-state index is 9.39. The normalized spacial score (nSPS) is 20.8. The van der Waals surface area contributed by atoms with E-state index in [-0.39, 0.29) is 12.6 Å². The lowest BCUT2D eigenvalue weighted by atomic mass is 10.2. The van der Waals surface area contributed by atoms with E-state index in [1.807, 2.05) is 12.4 Å². The smallest absolute Gasteiger partial charge is 0.187 e. The summed E-state index contributed by atoms with van der Waals surface area (Å²) < 4.78 is 0. The fraction of sp³-hybridized carbons (Fsp3) is 0.733. The predicted octanol–water partition coefficient (Wildman–Crippen LogP) is 1.48. The molecule has 118 valence electrons. The number of aromatic nitrogens is 2. The van der Waals surface area contributed by atoms with Crippen molar-refractivity contribution in [1.82, 2.24) is 19.8 Å². The topological polar surface area (TPSA) is 52.5 Å². The first-order valence-corrected chi connectivity index (χ1v) is 8.68. The highest BCUT2D eigenvalue weighted by molar-refractivity contribution is 7.99. The van der Waals surface area contributed by atoms with Crippen molar-refractivity contribution >= 4 is 11.8 Å². The maximum absolute atomic E-state index is 9.39. The third-order valence-corrected chi connectivity index (χ3v) is 4.85. The Morgan fingerprint density at radius 3 is 2.76 bits per heavy atom. The molecular weight excluding hydrogens is 284 g/mol. The predicted molar refractivity (Wildman–Crippen MR) is 86.4 cm³/mol. The number of hydrogen-bond donors (Lipinski definition) is 1. The molecule has 1 atom stereocenters. The molecule has 1 aromatic heterocycles. The maximum Gasteiger partial charge on any atom is 0.187 e. The quantitative estimate of drug-likeness (QED) is 0.468. The molecule has 1 unspecified atom stereocenters. The van der Waals surface area contributed by atoms with Crippen molar-refractivity contribution < 1.29 is 5.11 Å². The highest BCUT2D eigenvalue weighted by Crippen LogP contribution is 2.15. The van der Waals surface area contributed by atoms with E-state index < -0.39 is 0 Å². The number of aliphatic hydroxyl groups is 1. The molecule has 1 aromatic rings. The Morgan fingerprint density at radius 2 is 2.10 bits per heavy atom. The minimum atomic E-state index is 0.219. The van der Waals surface area contributed by atoms with Gasteiger partial charge in [0.05, 0.1) is 6.61 Å². The molecule has 0 amide bonds. The van der Waals surface area contributed by atoms with Gasteiger partial charge in [-0.1, -0.05) is 25.1 Å². The van der Waals surface area contributed by atoms with Crippen molar-refractivity contribution in [3.8, 4) is 0 Å². The van der Waals surface area contributed by atoms with Gasteiger partial charge in [0.2, 0.25) is 0 Å². The van der Waals surface area contributed by atoms with Gasteiger partial charge in [-0.15, -0.1) is 0 Å². The van der Waals surface area contributed by atoms with E-state index in [0.29, 0.717) is 0 Å². The number of nitrogens with zero attached hydrogens (tertiary/aromatic N) is 4. The van der Waals surface area contributed by atoms with Gasteiger partial charge in [0, 0.05) is 55.9 Å². The highest BCUT2D eigenvalue weighted by atomic mass is 32.2. The van der Waals surface area contributed by atoms with E-state index in [2.05, 4.69) is 33.7 Å². The van der Waals surface area contributed by atoms with E-state index in [1.54, 1.807) is 11.8 Å². The Hall–Kier alpha value is -0.690. The van der Waals surface area contributed by atoms with E-state index in [0.717, 1.165) is 42.7 Å². The zero-order chi connectivity index (χ0) is 15.1. The van der Waals surface area contributed by atoms with Gasteiger partial charge in [-0.3, -0.25) is 9.80 Å². The molecule has 1 N–H and O–H groups in total. The van der Waals surface area contributed by atoms with Gasteiger partial charge in [0.15, 0.2) is 5.16 Å². The van der Waals surface area contributed by atoms with E-state index in [4.69, 9.17) is 0 Å². The highest BCUT2D eigenvalue weighted by Gasteiger charge is 2.23. The lowest BCUT2D eigenvalue weighted by Crippen LogP contribution is -2.52. The summed E-state index contributed by atoms with van der Waals surface area (Å²) in [5.41, 5.74) is 1.15. The number of rotatable bonds is 7. The minimum Gasteiger partial charge on any atom is -0.395 e. The molecule has 0 radical (unpaired) electrons. The van der Waals surface area contributed by atoms with Gasteiger partial charge in [-0.2, -0.15) is 0 Å². The fourth-order valence-electron chi connectivity index (χ4n) is 2.42. The molecule has 1 saturated heterocycles. The van der Waals surface area contributed by atoms with E-state index >= 15 is 0 Å². The Balaban J connectivity index is 1.82. The summed E-state index contributed by atoms with van der Waals surface area (Å²) in [5, 5.41) is 10.3. The zero-order valence-corrected chi connectivity index (χ0v) is 13.8. The molecule has 5 nitrogen and oxygen atoms in total. The molecular formula is C15H26N4OS. The van der Waals surface area contributed by atoms with Gasteiger partial charge in [0.1, 0.15) is 0 Å². The Labute approximate surface area is 131 Å². The average Bonchev–Trinajstić information content (AvgIpc) is 2.51. The SMILES string of the molecule is CCCCSc1ncc(CN2CCN(C)C(CO)C2)cn1. The Morgan fingerprint density at radius 1 is 1.33 bits per heavy atom. The summed E-state index contributed by atoms with van der Waals surface area (Å²) in [6.45, 7) is 6.21. The molecule has 1 fully saturated rings. The third kappa shape index (κ3) is 5.21. The van der Waals surface area contributed by atoms with Crippen molar-refractivity contribution in [3.05, 3.63) is 18.0 Å². The number of unbranched alkanes of at least 4 members (excludes halogenated alkanes) is 1. The molecule has 6 heteroatoms. The Bertz CT molecular complexity index is 415. The van der Waals surface area contributed by atoms with Gasteiger partial charge < -0.3 is 5.11 Å². The molecule has 21 heavy (non-hydrogen) atoms. The fourth-order valence-corrected chi connectivity index (χ4v) is 3.29. The second-order valence-electron chi connectivity index (χ2n) is 5.63. The lowest BCUT2D eigenvalue weighted by molar-refractivity contribution is 0.0539. The summed E-state index contributed by atoms with van der Waals surface area (Å²) >= 11 is 1.73.